The monoisotopic (exact) mass is 290 g/mol. The molecular weight excluding hydrogens is 256 g/mol. The molecule has 0 aromatic carbocycles. The van der Waals surface area contributed by atoms with Crippen LogP contribution in [0, 0.1) is 21.7 Å². The Hall–Kier alpha value is -0.160. The fourth-order valence-electron chi connectivity index (χ4n) is 2.02. The summed E-state index contributed by atoms with van der Waals surface area (Å²) in [5, 5.41) is 17.5. The van der Waals surface area contributed by atoms with Gasteiger partial charge in [0.15, 0.2) is 0 Å². The molecule has 0 aliphatic carbocycles. The molecule has 0 spiro atoms. The topological polar surface area (TPSA) is 58.9 Å². The summed E-state index contributed by atoms with van der Waals surface area (Å²) in [5.74, 6) is 0. The van der Waals surface area contributed by atoms with Gasteiger partial charge in [-0.3, -0.25) is 10.5 Å². The van der Waals surface area contributed by atoms with Gasteiger partial charge >= 0.3 is 0 Å². The van der Waals surface area contributed by atoms with Crippen molar-refractivity contribution in [3.05, 3.63) is 0 Å². The Morgan fingerprint density at radius 1 is 0.550 bits per heavy atom. The lowest BCUT2D eigenvalue weighted by Gasteiger charge is -2.46. The predicted molar refractivity (Wildman–Crippen MR) is 81.5 cm³/mol. The zero-order valence-corrected chi connectivity index (χ0v) is 14.5. The fraction of sp³-hybridized carbons (Fsp3) is 1.00. The van der Waals surface area contributed by atoms with Gasteiger partial charge in [0.1, 0.15) is 0 Å². The van der Waals surface area contributed by atoms with Gasteiger partial charge in [-0.25, -0.2) is 9.78 Å². The molecule has 0 atom stereocenters. The molecule has 0 aromatic heterocycles. The first kappa shape index (κ1) is 19.8. The SMILES string of the molecule is CC(C)(CCC(C)(C)C(C)(C)COO)C(C)(C)COO. The summed E-state index contributed by atoms with van der Waals surface area (Å²) in [6.07, 6.45) is 2.01. The van der Waals surface area contributed by atoms with E-state index in [4.69, 9.17) is 10.5 Å². The van der Waals surface area contributed by atoms with Gasteiger partial charge in [0.05, 0.1) is 13.2 Å². The maximum atomic E-state index is 8.75. The number of rotatable bonds is 9. The highest BCUT2D eigenvalue weighted by Crippen LogP contribution is 2.48. The molecule has 0 aliphatic heterocycles. The highest BCUT2D eigenvalue weighted by molar-refractivity contribution is 4.91. The van der Waals surface area contributed by atoms with Crippen molar-refractivity contribution in [1.82, 2.24) is 0 Å². The van der Waals surface area contributed by atoms with Crippen LogP contribution in [0.3, 0.4) is 0 Å². The first-order valence-electron chi connectivity index (χ1n) is 7.36. The number of hydrogen-bond acceptors (Lipinski definition) is 4. The van der Waals surface area contributed by atoms with Crippen molar-refractivity contribution in [3.8, 4) is 0 Å². The lowest BCUT2D eigenvalue weighted by atomic mass is 9.60. The Morgan fingerprint density at radius 2 is 0.800 bits per heavy atom. The van der Waals surface area contributed by atoms with Crippen LogP contribution < -0.4 is 0 Å². The molecule has 20 heavy (non-hydrogen) atoms. The van der Waals surface area contributed by atoms with Gasteiger partial charge in [0, 0.05) is 0 Å². The molecule has 0 unspecified atom stereocenters. The number of hydrogen-bond donors (Lipinski definition) is 2. The van der Waals surface area contributed by atoms with Crippen LogP contribution in [0.1, 0.15) is 68.2 Å². The summed E-state index contributed by atoms with van der Waals surface area (Å²) >= 11 is 0. The maximum Gasteiger partial charge on any atom is 0.0875 e. The molecule has 0 aliphatic rings. The second-order valence-corrected chi connectivity index (χ2v) is 8.58. The van der Waals surface area contributed by atoms with Crippen LogP contribution in [-0.2, 0) is 9.78 Å². The predicted octanol–water partition coefficient (Wildman–Crippen LogP) is 4.85. The smallest absolute Gasteiger partial charge is 0.0875 e. The quantitative estimate of drug-likeness (QED) is 0.471. The minimum atomic E-state index is -0.116. The summed E-state index contributed by atoms with van der Waals surface area (Å²) in [7, 11) is 0. The van der Waals surface area contributed by atoms with E-state index in [1.54, 1.807) is 0 Å². The molecule has 0 saturated heterocycles. The van der Waals surface area contributed by atoms with E-state index in [-0.39, 0.29) is 21.7 Å². The summed E-state index contributed by atoms with van der Waals surface area (Å²) in [5.41, 5.74) is -0.169. The molecule has 0 radical (unpaired) electrons. The standard InChI is InChI=1S/C16H34O4/c1-13(2,15(5,6)11-19-17)9-10-14(3,4)16(7,8)12-20-18/h17-18H,9-12H2,1-8H3. The fourth-order valence-corrected chi connectivity index (χ4v) is 2.02. The zero-order valence-electron chi connectivity index (χ0n) is 14.5. The summed E-state index contributed by atoms with van der Waals surface area (Å²) in [6, 6.07) is 0. The average molecular weight is 290 g/mol. The Labute approximate surface area is 124 Å². The Morgan fingerprint density at radius 3 is 1.00 bits per heavy atom. The van der Waals surface area contributed by atoms with Crippen LogP contribution in [0.25, 0.3) is 0 Å². The van der Waals surface area contributed by atoms with E-state index >= 15 is 0 Å². The molecule has 4 heteroatoms. The van der Waals surface area contributed by atoms with E-state index in [2.05, 4.69) is 65.2 Å². The Bertz CT molecular complexity index is 263. The zero-order chi connectivity index (χ0) is 16.2. The average Bonchev–Trinajstić information content (AvgIpc) is 2.26. The summed E-state index contributed by atoms with van der Waals surface area (Å²) in [4.78, 5) is 8.76. The minimum Gasteiger partial charge on any atom is -0.252 e. The molecule has 0 amide bonds. The van der Waals surface area contributed by atoms with Gasteiger partial charge in [0.25, 0.3) is 0 Å². The molecule has 2 N–H and O–H groups in total. The highest BCUT2D eigenvalue weighted by atomic mass is 17.1. The van der Waals surface area contributed by atoms with E-state index in [0.717, 1.165) is 12.8 Å². The first-order chi connectivity index (χ1) is 8.83. The largest absolute Gasteiger partial charge is 0.252 e. The molecule has 0 bridgehead atoms. The second-order valence-electron chi connectivity index (χ2n) is 8.58. The van der Waals surface area contributed by atoms with Crippen LogP contribution in [0.4, 0.5) is 0 Å². The van der Waals surface area contributed by atoms with Crippen molar-refractivity contribution in [2.75, 3.05) is 13.2 Å². The normalized spacial score (nSPS) is 14.7. The highest BCUT2D eigenvalue weighted by Gasteiger charge is 2.42. The Balaban J connectivity index is 4.82. The second kappa shape index (κ2) is 6.73. The molecule has 0 rings (SSSR count). The lowest BCUT2D eigenvalue weighted by molar-refractivity contribution is -0.272. The van der Waals surface area contributed by atoms with Crippen molar-refractivity contribution < 1.29 is 20.3 Å². The third kappa shape index (κ3) is 4.69. The van der Waals surface area contributed by atoms with Crippen LogP contribution in [0.2, 0.25) is 0 Å². The van der Waals surface area contributed by atoms with Crippen LogP contribution in [0.5, 0.6) is 0 Å². The van der Waals surface area contributed by atoms with Crippen LogP contribution in [-0.4, -0.2) is 23.7 Å². The summed E-state index contributed by atoms with van der Waals surface area (Å²) < 4.78 is 0. The van der Waals surface area contributed by atoms with Gasteiger partial charge in [0.2, 0.25) is 0 Å². The minimum absolute atomic E-state index is 0.0309. The molecule has 122 valence electrons. The third-order valence-corrected chi connectivity index (χ3v) is 5.89. The van der Waals surface area contributed by atoms with Gasteiger partial charge < -0.3 is 0 Å². The van der Waals surface area contributed by atoms with Gasteiger partial charge in [-0.15, -0.1) is 0 Å². The van der Waals surface area contributed by atoms with Crippen molar-refractivity contribution in [3.63, 3.8) is 0 Å². The third-order valence-electron chi connectivity index (χ3n) is 5.89. The van der Waals surface area contributed by atoms with Crippen LogP contribution >= 0.6 is 0 Å². The van der Waals surface area contributed by atoms with Gasteiger partial charge in [-0.2, -0.15) is 0 Å². The maximum absolute atomic E-state index is 8.75. The van der Waals surface area contributed by atoms with E-state index in [0.29, 0.717) is 13.2 Å². The Kier molecular flexibility index (Phi) is 6.68. The summed E-state index contributed by atoms with van der Waals surface area (Å²) in [6.45, 7) is 17.9. The van der Waals surface area contributed by atoms with Gasteiger partial charge in [-0.1, -0.05) is 55.4 Å². The van der Waals surface area contributed by atoms with E-state index in [1.807, 2.05) is 0 Å². The molecule has 0 fully saturated rings. The van der Waals surface area contributed by atoms with Crippen molar-refractivity contribution in [2.24, 2.45) is 21.7 Å². The van der Waals surface area contributed by atoms with Gasteiger partial charge in [-0.05, 0) is 34.5 Å². The molecular formula is C16H34O4. The van der Waals surface area contributed by atoms with Crippen molar-refractivity contribution >= 4 is 0 Å². The molecule has 4 nitrogen and oxygen atoms in total. The van der Waals surface area contributed by atoms with Crippen molar-refractivity contribution in [2.45, 2.75) is 68.2 Å². The van der Waals surface area contributed by atoms with E-state index < -0.39 is 0 Å². The molecule has 0 aromatic rings. The lowest BCUT2D eigenvalue weighted by Crippen LogP contribution is -2.41. The first-order valence-corrected chi connectivity index (χ1v) is 7.36. The van der Waals surface area contributed by atoms with E-state index in [9.17, 15) is 0 Å². The molecule has 0 saturated carbocycles. The van der Waals surface area contributed by atoms with Crippen molar-refractivity contribution in [1.29, 1.82) is 0 Å². The van der Waals surface area contributed by atoms with E-state index in [1.165, 1.54) is 0 Å². The van der Waals surface area contributed by atoms with Crippen LogP contribution in [0.15, 0.2) is 0 Å². The molecule has 0 heterocycles.